The maximum atomic E-state index is 12.5. The van der Waals surface area contributed by atoms with Crippen molar-refractivity contribution in [2.24, 2.45) is 0 Å². The Morgan fingerprint density at radius 2 is 1.89 bits per heavy atom. The lowest BCUT2D eigenvalue weighted by atomic mass is 10.2. The average Bonchev–Trinajstić information content (AvgIpc) is 3.16. The fourth-order valence-corrected chi connectivity index (χ4v) is 3.81. The zero-order valence-electron chi connectivity index (χ0n) is 15.9. The minimum atomic E-state index is -1.22. The Balaban J connectivity index is 1.55. The van der Waals surface area contributed by atoms with E-state index in [9.17, 15) is 9.00 Å². The van der Waals surface area contributed by atoms with E-state index in [1.165, 1.54) is 0 Å². The predicted octanol–water partition coefficient (Wildman–Crippen LogP) is 4.22. The molecule has 0 saturated carbocycles. The van der Waals surface area contributed by atoms with Gasteiger partial charge in [-0.05, 0) is 61.4 Å². The normalized spacial score (nSPS) is 11.8. The van der Waals surface area contributed by atoms with E-state index in [0.717, 1.165) is 21.8 Å². The van der Waals surface area contributed by atoms with Gasteiger partial charge in [-0.1, -0.05) is 24.3 Å². The van der Waals surface area contributed by atoms with Crippen LogP contribution in [0.15, 0.2) is 70.0 Å². The average molecular weight is 397 g/mol. The molecule has 3 aromatic rings. The largest absolute Gasteiger partial charge is 0.494 e. The summed E-state index contributed by atoms with van der Waals surface area (Å²) in [5.74, 6) is 1.46. The molecule has 0 aliphatic rings. The number of hydrogen-bond acceptors (Lipinski definition) is 4. The number of amides is 1. The van der Waals surface area contributed by atoms with E-state index in [0.29, 0.717) is 18.9 Å². The Labute approximate surface area is 167 Å². The minimum Gasteiger partial charge on any atom is -0.494 e. The van der Waals surface area contributed by atoms with E-state index in [1.54, 1.807) is 12.1 Å². The molecule has 0 aliphatic carbocycles. The van der Waals surface area contributed by atoms with Gasteiger partial charge < -0.3 is 14.5 Å². The molecule has 0 bridgehead atoms. The summed E-state index contributed by atoms with van der Waals surface area (Å²) in [5, 5.41) is 2.82. The molecule has 3 rings (SSSR count). The molecule has 5 nitrogen and oxygen atoms in total. The number of carbonyl (C=O) groups is 1. The Morgan fingerprint density at radius 1 is 1.11 bits per heavy atom. The van der Waals surface area contributed by atoms with E-state index in [2.05, 4.69) is 5.32 Å². The van der Waals surface area contributed by atoms with E-state index >= 15 is 0 Å². The molecule has 6 heteroatoms. The van der Waals surface area contributed by atoms with E-state index in [-0.39, 0.29) is 17.4 Å². The van der Waals surface area contributed by atoms with Crippen LogP contribution in [-0.2, 0) is 23.1 Å². The van der Waals surface area contributed by atoms with Crippen LogP contribution in [0.1, 0.15) is 34.4 Å². The van der Waals surface area contributed by atoms with E-state index in [4.69, 9.17) is 9.15 Å². The zero-order valence-corrected chi connectivity index (χ0v) is 16.8. The van der Waals surface area contributed by atoms with Crippen LogP contribution < -0.4 is 10.1 Å². The summed E-state index contributed by atoms with van der Waals surface area (Å²) in [6.45, 7) is 4.89. The summed E-state index contributed by atoms with van der Waals surface area (Å²) in [4.78, 5) is 13.0. The molecule has 1 atom stereocenters. The molecule has 146 valence electrons. The van der Waals surface area contributed by atoms with Gasteiger partial charge in [-0.3, -0.25) is 9.00 Å². The molecule has 0 spiro atoms. The number of furan rings is 1. The van der Waals surface area contributed by atoms with Gasteiger partial charge in [0.1, 0.15) is 11.5 Å². The van der Waals surface area contributed by atoms with Gasteiger partial charge in [-0.15, -0.1) is 0 Å². The van der Waals surface area contributed by atoms with Gasteiger partial charge in [0.2, 0.25) is 0 Å². The first-order valence-electron chi connectivity index (χ1n) is 9.09. The van der Waals surface area contributed by atoms with Crippen molar-refractivity contribution >= 4 is 16.7 Å². The van der Waals surface area contributed by atoms with Crippen molar-refractivity contribution in [2.75, 3.05) is 6.61 Å². The minimum absolute atomic E-state index is 0.210. The smallest absolute Gasteiger partial charge is 0.287 e. The van der Waals surface area contributed by atoms with Crippen molar-refractivity contribution < 1.29 is 18.2 Å². The number of nitrogens with one attached hydrogen (secondary N) is 1. The van der Waals surface area contributed by atoms with Crippen LogP contribution in [0.3, 0.4) is 0 Å². The summed E-state index contributed by atoms with van der Waals surface area (Å²) in [6, 6.07) is 18.4. The van der Waals surface area contributed by atoms with Crippen LogP contribution in [0, 0.1) is 6.92 Å². The highest BCUT2D eigenvalue weighted by molar-refractivity contribution is 7.84. The number of aryl methyl sites for hydroxylation is 1. The second-order valence-electron chi connectivity index (χ2n) is 6.33. The zero-order chi connectivity index (χ0) is 19.9. The first-order valence-corrected chi connectivity index (χ1v) is 10.4. The highest BCUT2D eigenvalue weighted by atomic mass is 32.2. The monoisotopic (exact) mass is 397 g/mol. The third kappa shape index (κ3) is 5.33. The molecule has 0 radical (unpaired) electrons. The quantitative estimate of drug-likeness (QED) is 0.618. The molecular formula is C22H23NO4S. The van der Waals surface area contributed by atoms with Gasteiger partial charge in [-0.25, -0.2) is 0 Å². The van der Waals surface area contributed by atoms with Crippen LogP contribution in [0.25, 0.3) is 0 Å². The second kappa shape index (κ2) is 9.37. The molecule has 28 heavy (non-hydrogen) atoms. The highest BCUT2D eigenvalue weighted by Crippen LogP contribution is 2.17. The van der Waals surface area contributed by atoms with Crippen molar-refractivity contribution in [1.29, 1.82) is 0 Å². The molecule has 2 aromatic carbocycles. The molecule has 0 unspecified atom stereocenters. The molecule has 1 amide bonds. The van der Waals surface area contributed by atoms with Gasteiger partial charge in [0.15, 0.2) is 5.76 Å². The summed E-state index contributed by atoms with van der Waals surface area (Å²) in [5.41, 5.74) is 2.02. The summed E-state index contributed by atoms with van der Waals surface area (Å²) in [6.07, 6.45) is 0. The molecule has 1 N–H and O–H groups in total. The Kier molecular flexibility index (Phi) is 6.66. The van der Waals surface area contributed by atoms with Gasteiger partial charge >= 0.3 is 0 Å². The molecule has 0 aliphatic heterocycles. The molecule has 0 saturated heterocycles. The van der Waals surface area contributed by atoms with E-state index < -0.39 is 10.8 Å². The fraction of sp³-hybridized carbons (Fsp3) is 0.227. The Morgan fingerprint density at radius 3 is 2.61 bits per heavy atom. The number of carbonyl (C=O) groups excluding carboxylic acids is 1. The lowest BCUT2D eigenvalue weighted by Crippen LogP contribution is -2.22. The van der Waals surface area contributed by atoms with Gasteiger partial charge in [0.05, 0.1) is 23.2 Å². The van der Waals surface area contributed by atoms with Crippen LogP contribution >= 0.6 is 0 Å². The van der Waals surface area contributed by atoms with Gasteiger partial charge in [0.25, 0.3) is 5.91 Å². The van der Waals surface area contributed by atoms with Crippen LogP contribution in [0.5, 0.6) is 5.75 Å². The van der Waals surface area contributed by atoms with Crippen molar-refractivity contribution in [2.45, 2.75) is 31.0 Å². The Hall–Kier alpha value is -2.86. The van der Waals surface area contributed by atoms with Crippen molar-refractivity contribution in [3.05, 3.63) is 83.3 Å². The number of ether oxygens (including phenoxy) is 1. The molecular weight excluding hydrogens is 374 g/mol. The topological polar surface area (TPSA) is 68.5 Å². The van der Waals surface area contributed by atoms with Crippen LogP contribution in [-0.4, -0.2) is 16.7 Å². The van der Waals surface area contributed by atoms with E-state index in [1.807, 2.05) is 62.4 Å². The summed E-state index contributed by atoms with van der Waals surface area (Å²) < 4.78 is 23.5. The van der Waals surface area contributed by atoms with Crippen LogP contribution in [0.2, 0.25) is 0 Å². The Bertz CT molecular complexity index is 963. The van der Waals surface area contributed by atoms with Crippen molar-refractivity contribution in [3.63, 3.8) is 0 Å². The summed E-state index contributed by atoms with van der Waals surface area (Å²) >= 11 is 0. The second-order valence-corrected chi connectivity index (χ2v) is 7.78. The maximum Gasteiger partial charge on any atom is 0.287 e. The predicted molar refractivity (Wildman–Crippen MR) is 109 cm³/mol. The molecule has 0 fully saturated rings. The lowest BCUT2D eigenvalue weighted by Gasteiger charge is -2.06. The van der Waals surface area contributed by atoms with Crippen molar-refractivity contribution in [3.8, 4) is 5.75 Å². The van der Waals surface area contributed by atoms with Gasteiger partial charge in [-0.2, -0.15) is 0 Å². The standard InChI is InChI=1S/C22H23NO4S/c1-3-26-18-9-7-17(8-10-18)14-23-22(24)21-12-11-19(27-21)15-28(25)20-6-4-5-16(2)13-20/h4-13H,3,14-15H2,1-2H3,(H,23,24)/t28-/m0/s1. The first kappa shape index (κ1) is 19.9. The lowest BCUT2D eigenvalue weighted by molar-refractivity contribution is 0.0921. The third-order valence-electron chi connectivity index (χ3n) is 4.10. The third-order valence-corrected chi connectivity index (χ3v) is 5.43. The van der Waals surface area contributed by atoms with Crippen LogP contribution in [0.4, 0.5) is 0 Å². The highest BCUT2D eigenvalue weighted by Gasteiger charge is 2.13. The van der Waals surface area contributed by atoms with Gasteiger partial charge in [0, 0.05) is 11.4 Å². The first-order chi connectivity index (χ1) is 13.5. The number of hydrogen-bond donors (Lipinski definition) is 1. The molecule has 1 aromatic heterocycles. The number of benzene rings is 2. The fourth-order valence-electron chi connectivity index (χ4n) is 2.69. The maximum absolute atomic E-state index is 12.5. The SMILES string of the molecule is CCOc1ccc(CNC(=O)c2ccc(C[S@](=O)c3cccc(C)c3)o2)cc1. The summed E-state index contributed by atoms with van der Waals surface area (Å²) in [7, 11) is -1.22. The van der Waals surface area contributed by atoms with Crippen molar-refractivity contribution in [1.82, 2.24) is 5.32 Å². The number of rotatable bonds is 8. The molecule has 1 heterocycles.